The predicted octanol–water partition coefficient (Wildman–Crippen LogP) is 6.52. The van der Waals surface area contributed by atoms with E-state index in [1.54, 1.807) is 72.8 Å². The number of phenolic OH excluding ortho intramolecular Hbond substituents is 1. The van der Waals surface area contributed by atoms with Crippen molar-refractivity contribution in [2.24, 2.45) is 0 Å². The maximum Gasteiger partial charge on any atom is 0.339 e. The van der Waals surface area contributed by atoms with Crippen LogP contribution in [0.4, 0.5) is 5.69 Å². The molecule has 1 aliphatic rings. The quantitative estimate of drug-likeness (QED) is 0.131. The Morgan fingerprint density at radius 3 is 2.17 bits per heavy atom. The van der Waals surface area contributed by atoms with Crippen LogP contribution in [0.25, 0.3) is 22.2 Å². The average Bonchev–Trinajstić information content (AvgIpc) is 3.25. The molecule has 0 saturated heterocycles. The standard InChI is InChI=1S/C33H21BrN2O6/c1-18-14-20(34)15-25-26(33(41)42-17-29(38)24-8-4-5-9-28(24)37)16-27(35-30(18)25)19-10-12-21(13-11-19)36-31(39)22-6-2-3-7-23(22)32(36)40/h2-16,37H,17H2,1H3. The lowest BCUT2D eigenvalue weighted by Gasteiger charge is -2.15. The Morgan fingerprint density at radius 1 is 0.857 bits per heavy atom. The average molecular weight is 621 g/mol. The largest absolute Gasteiger partial charge is 0.507 e. The molecular formula is C33H21BrN2O6. The van der Waals surface area contributed by atoms with Crippen LogP contribution in [0.5, 0.6) is 5.75 Å². The number of halogens is 1. The smallest absolute Gasteiger partial charge is 0.339 e. The molecule has 1 aliphatic heterocycles. The summed E-state index contributed by atoms with van der Waals surface area (Å²) in [7, 11) is 0. The van der Waals surface area contributed by atoms with E-state index in [4.69, 9.17) is 9.72 Å². The third kappa shape index (κ3) is 4.73. The first kappa shape index (κ1) is 27.0. The van der Waals surface area contributed by atoms with E-state index in [-0.39, 0.29) is 16.9 Å². The van der Waals surface area contributed by atoms with Crippen LogP contribution in [-0.2, 0) is 4.74 Å². The molecule has 9 heteroatoms. The number of esters is 1. The number of rotatable bonds is 6. The number of hydrogen-bond donors (Lipinski definition) is 1. The van der Waals surface area contributed by atoms with Crippen molar-refractivity contribution in [3.05, 3.63) is 123 Å². The number of ether oxygens (including phenoxy) is 1. The number of amides is 2. The summed E-state index contributed by atoms with van der Waals surface area (Å²) >= 11 is 3.47. The number of aromatic hydroxyl groups is 1. The van der Waals surface area contributed by atoms with Gasteiger partial charge in [-0.3, -0.25) is 14.4 Å². The van der Waals surface area contributed by atoms with E-state index in [0.717, 1.165) is 14.9 Å². The predicted molar refractivity (Wildman–Crippen MR) is 160 cm³/mol. The van der Waals surface area contributed by atoms with E-state index < -0.39 is 30.2 Å². The van der Waals surface area contributed by atoms with Crippen LogP contribution >= 0.6 is 15.9 Å². The summed E-state index contributed by atoms with van der Waals surface area (Å²) in [5.74, 6) is -2.25. The number of aromatic nitrogens is 1. The Balaban J connectivity index is 1.33. The summed E-state index contributed by atoms with van der Waals surface area (Å²) in [6.07, 6.45) is 0. The van der Waals surface area contributed by atoms with Gasteiger partial charge in [0.05, 0.1) is 39.2 Å². The summed E-state index contributed by atoms with van der Waals surface area (Å²) in [4.78, 5) is 57.7. The van der Waals surface area contributed by atoms with Gasteiger partial charge in [0.25, 0.3) is 11.8 Å². The Labute approximate surface area is 248 Å². The number of carbonyl (C=O) groups excluding carboxylic acids is 4. The molecule has 1 N–H and O–H groups in total. The number of aryl methyl sites for hydroxylation is 1. The molecule has 0 fully saturated rings. The number of nitrogens with zero attached hydrogens (tertiary/aromatic N) is 2. The number of pyridine rings is 1. The van der Waals surface area contributed by atoms with Crippen molar-refractivity contribution >= 4 is 56.1 Å². The van der Waals surface area contributed by atoms with Gasteiger partial charge < -0.3 is 9.84 Å². The highest BCUT2D eigenvalue weighted by atomic mass is 79.9. The number of carbonyl (C=O) groups is 4. The van der Waals surface area contributed by atoms with Crippen LogP contribution in [0, 0.1) is 6.92 Å². The van der Waals surface area contributed by atoms with E-state index in [1.165, 1.54) is 12.1 Å². The lowest BCUT2D eigenvalue weighted by molar-refractivity contribution is 0.0475. The zero-order valence-corrected chi connectivity index (χ0v) is 23.7. The van der Waals surface area contributed by atoms with Gasteiger partial charge in [-0.15, -0.1) is 0 Å². The van der Waals surface area contributed by atoms with Gasteiger partial charge in [-0.2, -0.15) is 0 Å². The second-order valence-electron chi connectivity index (χ2n) is 9.73. The van der Waals surface area contributed by atoms with Gasteiger partial charge in [0.15, 0.2) is 6.61 Å². The van der Waals surface area contributed by atoms with Gasteiger partial charge in [-0.25, -0.2) is 14.7 Å². The molecule has 0 aliphatic carbocycles. The first-order valence-corrected chi connectivity index (χ1v) is 13.7. The van der Waals surface area contributed by atoms with E-state index in [0.29, 0.717) is 39.0 Å². The van der Waals surface area contributed by atoms with Crippen LogP contribution in [0.3, 0.4) is 0 Å². The van der Waals surface area contributed by atoms with Crippen molar-refractivity contribution in [1.29, 1.82) is 0 Å². The number of imide groups is 1. The van der Waals surface area contributed by atoms with Gasteiger partial charge in [-0.05, 0) is 67.1 Å². The minimum Gasteiger partial charge on any atom is -0.507 e. The molecule has 5 aromatic rings. The second-order valence-corrected chi connectivity index (χ2v) is 10.6. The maximum atomic E-state index is 13.3. The van der Waals surface area contributed by atoms with Gasteiger partial charge in [0.2, 0.25) is 5.78 Å². The minimum atomic E-state index is -0.729. The van der Waals surface area contributed by atoms with Gasteiger partial charge in [-0.1, -0.05) is 52.3 Å². The molecule has 42 heavy (non-hydrogen) atoms. The molecule has 0 radical (unpaired) electrons. The summed E-state index contributed by atoms with van der Waals surface area (Å²) in [6, 6.07) is 24.7. The molecule has 0 atom stereocenters. The lowest BCUT2D eigenvalue weighted by atomic mass is 10.0. The number of Topliss-reactive ketones (excluding diaryl/α,β-unsaturated/α-hetero) is 1. The summed E-state index contributed by atoms with van der Waals surface area (Å²) < 4.78 is 6.14. The zero-order chi connectivity index (χ0) is 29.5. The fourth-order valence-electron chi connectivity index (χ4n) is 4.97. The molecule has 206 valence electrons. The Morgan fingerprint density at radius 2 is 1.50 bits per heavy atom. The molecule has 0 saturated carbocycles. The van der Waals surface area contributed by atoms with Crippen molar-refractivity contribution in [3.63, 3.8) is 0 Å². The van der Waals surface area contributed by atoms with E-state index in [1.807, 2.05) is 13.0 Å². The number of phenols is 1. The Bertz CT molecular complexity index is 1920. The van der Waals surface area contributed by atoms with E-state index in [2.05, 4.69) is 15.9 Å². The van der Waals surface area contributed by atoms with E-state index in [9.17, 15) is 24.3 Å². The van der Waals surface area contributed by atoms with Crippen LogP contribution in [0.1, 0.15) is 47.0 Å². The minimum absolute atomic E-state index is 0.0577. The Hall–Kier alpha value is -5.15. The zero-order valence-electron chi connectivity index (χ0n) is 22.1. The summed E-state index contributed by atoms with van der Waals surface area (Å²) in [5.41, 5.74) is 3.86. The number of hydrogen-bond acceptors (Lipinski definition) is 7. The molecule has 8 nitrogen and oxygen atoms in total. The van der Waals surface area contributed by atoms with Crippen molar-refractivity contribution in [1.82, 2.24) is 4.98 Å². The number of fused-ring (bicyclic) bond motifs is 2. The lowest BCUT2D eigenvalue weighted by Crippen LogP contribution is -2.29. The molecule has 4 aromatic carbocycles. The Kier molecular flexibility index (Phi) is 6.88. The van der Waals surface area contributed by atoms with Gasteiger partial charge >= 0.3 is 5.97 Å². The highest BCUT2D eigenvalue weighted by Crippen LogP contribution is 2.33. The molecule has 6 rings (SSSR count). The molecule has 1 aromatic heterocycles. The number of anilines is 1. The fraction of sp³-hybridized carbons (Fsp3) is 0.0606. The van der Waals surface area contributed by atoms with Crippen molar-refractivity contribution in [2.45, 2.75) is 6.92 Å². The summed E-state index contributed by atoms with van der Waals surface area (Å²) in [6.45, 7) is 1.31. The normalized spacial score (nSPS) is 12.5. The first-order chi connectivity index (χ1) is 20.2. The molecule has 2 heterocycles. The van der Waals surface area contributed by atoms with Crippen LogP contribution in [-0.4, -0.2) is 40.3 Å². The summed E-state index contributed by atoms with van der Waals surface area (Å²) in [5, 5.41) is 10.5. The van der Waals surface area contributed by atoms with Crippen LogP contribution in [0.2, 0.25) is 0 Å². The molecule has 2 amide bonds. The highest BCUT2D eigenvalue weighted by molar-refractivity contribution is 9.10. The number of ketones is 1. The van der Waals surface area contributed by atoms with Crippen LogP contribution in [0.15, 0.2) is 95.5 Å². The van der Waals surface area contributed by atoms with Gasteiger partial charge in [0.1, 0.15) is 5.75 Å². The third-order valence-corrected chi connectivity index (χ3v) is 7.50. The molecular weight excluding hydrogens is 600 g/mol. The molecule has 0 bridgehead atoms. The van der Waals surface area contributed by atoms with Crippen molar-refractivity contribution < 1.29 is 29.0 Å². The molecule has 0 unspecified atom stereocenters. The van der Waals surface area contributed by atoms with Gasteiger partial charge in [0, 0.05) is 15.4 Å². The fourth-order valence-corrected chi connectivity index (χ4v) is 5.55. The topological polar surface area (TPSA) is 114 Å². The third-order valence-electron chi connectivity index (χ3n) is 7.04. The number of benzene rings is 4. The monoisotopic (exact) mass is 620 g/mol. The maximum absolute atomic E-state index is 13.3. The van der Waals surface area contributed by atoms with E-state index >= 15 is 0 Å². The van der Waals surface area contributed by atoms with Crippen molar-refractivity contribution in [3.8, 4) is 17.0 Å². The van der Waals surface area contributed by atoms with Crippen LogP contribution < -0.4 is 4.90 Å². The number of para-hydroxylation sites is 1. The first-order valence-electron chi connectivity index (χ1n) is 12.9. The highest BCUT2D eigenvalue weighted by Gasteiger charge is 2.36. The SMILES string of the molecule is Cc1cc(Br)cc2c(C(=O)OCC(=O)c3ccccc3O)cc(-c3ccc(N4C(=O)c5ccccc5C4=O)cc3)nc12. The second kappa shape index (κ2) is 10.7. The molecule has 0 spiro atoms. The van der Waals surface area contributed by atoms with Crippen molar-refractivity contribution in [2.75, 3.05) is 11.5 Å².